The molecule has 3 aromatic rings. The van der Waals surface area contributed by atoms with Gasteiger partial charge in [0.1, 0.15) is 5.75 Å². The summed E-state index contributed by atoms with van der Waals surface area (Å²) >= 11 is 0. The maximum atomic E-state index is 12.7. The normalized spacial score (nSPS) is 11.1. The summed E-state index contributed by atoms with van der Waals surface area (Å²) in [6.45, 7) is 5.76. The first-order valence-electron chi connectivity index (χ1n) is 9.22. The first-order valence-corrected chi connectivity index (χ1v) is 9.22. The molecule has 0 saturated carbocycles. The second kappa shape index (κ2) is 8.27. The first-order chi connectivity index (χ1) is 13.0. The minimum absolute atomic E-state index is 0.124. The lowest BCUT2D eigenvalue weighted by molar-refractivity contribution is 0.102. The summed E-state index contributed by atoms with van der Waals surface area (Å²) in [4.78, 5) is 18.2. The number of amides is 1. The maximum Gasteiger partial charge on any atom is 0.257 e. The second-order valence-electron chi connectivity index (χ2n) is 7.09. The maximum absolute atomic E-state index is 12.7. The summed E-state index contributed by atoms with van der Waals surface area (Å²) in [5.41, 5.74) is 4.53. The Morgan fingerprint density at radius 1 is 1.11 bits per heavy atom. The number of carbonyl (C=O) groups is 1. The minimum atomic E-state index is -0.124. The molecule has 5 heteroatoms. The van der Waals surface area contributed by atoms with E-state index in [9.17, 15) is 4.79 Å². The average molecular weight is 365 g/mol. The molecule has 27 heavy (non-hydrogen) atoms. The van der Waals surface area contributed by atoms with Crippen molar-refractivity contribution in [1.82, 2.24) is 9.88 Å². The molecule has 0 atom stereocenters. The Labute approximate surface area is 160 Å². The standard InChI is InChI=1S/C22H27N3O2/c1-15-16(2)23-21-19(15)7-5-8-20(21)22(26)24-17-9-11-18(12-10-17)27-14-6-13-25(3)4/h5,7-12,23H,6,13-14H2,1-4H3,(H,24,26). The third kappa shape index (κ3) is 4.49. The number of rotatable bonds is 7. The molecule has 2 N–H and O–H groups in total. The fourth-order valence-electron chi connectivity index (χ4n) is 3.08. The van der Waals surface area contributed by atoms with E-state index in [1.54, 1.807) is 0 Å². The molecule has 1 aromatic heterocycles. The number of nitrogens with zero attached hydrogens (tertiary/aromatic N) is 1. The highest BCUT2D eigenvalue weighted by molar-refractivity contribution is 6.12. The zero-order chi connectivity index (χ0) is 19.4. The number of aromatic nitrogens is 1. The molecule has 0 spiro atoms. The van der Waals surface area contributed by atoms with Gasteiger partial charge in [-0.15, -0.1) is 0 Å². The van der Waals surface area contributed by atoms with Gasteiger partial charge < -0.3 is 19.9 Å². The van der Waals surface area contributed by atoms with Crippen molar-refractivity contribution in [3.8, 4) is 5.75 Å². The predicted octanol–water partition coefficient (Wildman–Crippen LogP) is 4.37. The van der Waals surface area contributed by atoms with Gasteiger partial charge in [-0.3, -0.25) is 4.79 Å². The van der Waals surface area contributed by atoms with Crippen molar-refractivity contribution in [1.29, 1.82) is 0 Å². The number of aryl methyl sites for hydroxylation is 2. The van der Waals surface area contributed by atoms with Crippen LogP contribution in [0.1, 0.15) is 28.0 Å². The van der Waals surface area contributed by atoms with Crippen LogP contribution in [0, 0.1) is 13.8 Å². The molecule has 1 amide bonds. The van der Waals surface area contributed by atoms with Crippen LogP contribution in [0.4, 0.5) is 5.69 Å². The lowest BCUT2D eigenvalue weighted by Crippen LogP contribution is -2.15. The molecule has 0 aliphatic carbocycles. The Morgan fingerprint density at radius 3 is 2.56 bits per heavy atom. The van der Waals surface area contributed by atoms with Crippen molar-refractivity contribution < 1.29 is 9.53 Å². The highest BCUT2D eigenvalue weighted by atomic mass is 16.5. The van der Waals surface area contributed by atoms with Crippen LogP contribution in [0.2, 0.25) is 0 Å². The quantitative estimate of drug-likeness (QED) is 0.611. The third-order valence-electron chi connectivity index (χ3n) is 4.72. The van der Waals surface area contributed by atoms with Gasteiger partial charge in [-0.05, 0) is 70.3 Å². The fourth-order valence-corrected chi connectivity index (χ4v) is 3.08. The van der Waals surface area contributed by atoms with Gasteiger partial charge >= 0.3 is 0 Å². The van der Waals surface area contributed by atoms with Crippen LogP contribution >= 0.6 is 0 Å². The van der Waals surface area contributed by atoms with E-state index in [-0.39, 0.29) is 5.91 Å². The van der Waals surface area contributed by atoms with Crippen LogP contribution in [0.5, 0.6) is 5.75 Å². The fraction of sp³-hybridized carbons (Fsp3) is 0.318. The molecule has 5 nitrogen and oxygen atoms in total. The number of carbonyl (C=O) groups excluding carboxylic acids is 1. The van der Waals surface area contributed by atoms with Gasteiger partial charge in [-0.1, -0.05) is 12.1 Å². The van der Waals surface area contributed by atoms with Crippen molar-refractivity contribution in [3.63, 3.8) is 0 Å². The number of nitrogens with one attached hydrogen (secondary N) is 2. The molecule has 0 unspecified atom stereocenters. The zero-order valence-electron chi connectivity index (χ0n) is 16.4. The number of fused-ring (bicyclic) bond motifs is 1. The molecule has 1 heterocycles. The number of ether oxygens (including phenoxy) is 1. The van der Waals surface area contributed by atoms with Crippen molar-refractivity contribution >= 4 is 22.5 Å². The minimum Gasteiger partial charge on any atom is -0.494 e. The molecule has 2 aromatic carbocycles. The Balaban J connectivity index is 1.65. The van der Waals surface area contributed by atoms with Crippen molar-refractivity contribution in [2.24, 2.45) is 0 Å². The number of benzene rings is 2. The van der Waals surface area contributed by atoms with E-state index >= 15 is 0 Å². The molecule has 0 fully saturated rings. The van der Waals surface area contributed by atoms with E-state index < -0.39 is 0 Å². The van der Waals surface area contributed by atoms with Crippen LogP contribution in [0.25, 0.3) is 10.9 Å². The van der Waals surface area contributed by atoms with Gasteiger partial charge in [0, 0.05) is 23.3 Å². The Kier molecular flexibility index (Phi) is 5.81. The highest BCUT2D eigenvalue weighted by Gasteiger charge is 2.14. The summed E-state index contributed by atoms with van der Waals surface area (Å²) in [7, 11) is 4.10. The summed E-state index contributed by atoms with van der Waals surface area (Å²) in [6, 6.07) is 13.3. The molecule has 0 saturated heterocycles. The molecular formula is C22H27N3O2. The van der Waals surface area contributed by atoms with Gasteiger partial charge in [0.2, 0.25) is 0 Å². The molecule has 0 aliphatic rings. The number of anilines is 1. The predicted molar refractivity (Wildman–Crippen MR) is 111 cm³/mol. The molecule has 0 radical (unpaired) electrons. The van der Waals surface area contributed by atoms with Crippen LogP contribution in [0.15, 0.2) is 42.5 Å². The molecule has 0 aliphatic heterocycles. The van der Waals surface area contributed by atoms with E-state index in [2.05, 4.69) is 22.1 Å². The Hall–Kier alpha value is -2.79. The highest BCUT2D eigenvalue weighted by Crippen LogP contribution is 2.25. The van der Waals surface area contributed by atoms with E-state index in [1.165, 1.54) is 5.56 Å². The van der Waals surface area contributed by atoms with Gasteiger partial charge in [-0.2, -0.15) is 0 Å². The van der Waals surface area contributed by atoms with Gasteiger partial charge in [0.05, 0.1) is 17.7 Å². The largest absolute Gasteiger partial charge is 0.494 e. The number of aromatic amines is 1. The van der Waals surface area contributed by atoms with Gasteiger partial charge in [-0.25, -0.2) is 0 Å². The first kappa shape index (κ1) is 19.0. The number of hydrogen-bond acceptors (Lipinski definition) is 3. The Bertz CT molecular complexity index is 927. The van der Waals surface area contributed by atoms with Crippen molar-refractivity contribution in [3.05, 3.63) is 59.3 Å². The summed E-state index contributed by atoms with van der Waals surface area (Å²) < 4.78 is 5.73. The van der Waals surface area contributed by atoms with Crippen molar-refractivity contribution in [2.45, 2.75) is 20.3 Å². The second-order valence-corrected chi connectivity index (χ2v) is 7.09. The smallest absolute Gasteiger partial charge is 0.257 e. The van der Waals surface area contributed by atoms with Gasteiger partial charge in [0.25, 0.3) is 5.91 Å². The topological polar surface area (TPSA) is 57.4 Å². The van der Waals surface area contributed by atoms with Gasteiger partial charge in [0.15, 0.2) is 0 Å². The van der Waals surface area contributed by atoms with E-state index in [1.807, 2.05) is 63.5 Å². The van der Waals surface area contributed by atoms with E-state index in [4.69, 9.17) is 4.74 Å². The van der Waals surface area contributed by atoms with E-state index in [0.717, 1.165) is 41.0 Å². The monoisotopic (exact) mass is 365 g/mol. The molecule has 0 bridgehead atoms. The summed E-state index contributed by atoms with van der Waals surface area (Å²) in [5.74, 6) is 0.686. The summed E-state index contributed by atoms with van der Waals surface area (Å²) in [5, 5.41) is 4.05. The molecular weight excluding hydrogens is 338 g/mol. The van der Waals surface area contributed by atoms with Crippen LogP contribution in [0.3, 0.4) is 0 Å². The lowest BCUT2D eigenvalue weighted by atomic mass is 10.1. The number of para-hydroxylation sites is 1. The van der Waals surface area contributed by atoms with Crippen LogP contribution in [-0.2, 0) is 0 Å². The van der Waals surface area contributed by atoms with Crippen LogP contribution in [-0.4, -0.2) is 43.0 Å². The zero-order valence-corrected chi connectivity index (χ0v) is 16.4. The van der Waals surface area contributed by atoms with E-state index in [0.29, 0.717) is 12.2 Å². The third-order valence-corrected chi connectivity index (χ3v) is 4.72. The summed E-state index contributed by atoms with van der Waals surface area (Å²) in [6.07, 6.45) is 0.977. The number of hydrogen-bond donors (Lipinski definition) is 2. The van der Waals surface area contributed by atoms with Crippen LogP contribution < -0.4 is 10.1 Å². The van der Waals surface area contributed by atoms with Crippen molar-refractivity contribution in [2.75, 3.05) is 32.6 Å². The average Bonchev–Trinajstić information content (AvgIpc) is 2.94. The number of H-pyrrole nitrogens is 1. The Morgan fingerprint density at radius 2 is 1.85 bits per heavy atom. The molecule has 142 valence electrons. The lowest BCUT2D eigenvalue weighted by Gasteiger charge is -2.11. The SMILES string of the molecule is Cc1[nH]c2c(C(=O)Nc3ccc(OCCCN(C)C)cc3)cccc2c1C. The molecule has 3 rings (SSSR count).